The third-order valence-corrected chi connectivity index (χ3v) is 12.9. The van der Waals surface area contributed by atoms with Crippen molar-refractivity contribution in [3.63, 3.8) is 0 Å². The zero-order valence-electron chi connectivity index (χ0n) is 36.7. The molecule has 5 aliphatic rings. The minimum Gasteiger partial charge on any atom is -0.474 e. The molecule has 15 nitrogen and oxygen atoms in total. The van der Waals surface area contributed by atoms with Crippen LogP contribution in [0, 0.1) is 18.7 Å². The lowest BCUT2D eigenvalue weighted by Crippen LogP contribution is -2.49. The number of anilines is 6. The summed E-state index contributed by atoms with van der Waals surface area (Å²) in [6.07, 6.45) is 7.04. The number of halogens is 1. The highest BCUT2D eigenvalue weighted by Crippen LogP contribution is 2.40. The maximum atomic E-state index is 15.3. The van der Waals surface area contributed by atoms with Crippen molar-refractivity contribution in [3.05, 3.63) is 83.1 Å². The van der Waals surface area contributed by atoms with Gasteiger partial charge in [0.05, 0.1) is 42.3 Å². The quantitative estimate of drug-likeness (QED) is 0.191. The summed E-state index contributed by atoms with van der Waals surface area (Å²) in [6, 6.07) is 13.6. The first-order chi connectivity index (χ1) is 30.3. The molecule has 2 aromatic heterocycles. The Bertz CT molecular complexity index is 2360. The van der Waals surface area contributed by atoms with Crippen molar-refractivity contribution in [1.29, 1.82) is 0 Å². The first kappa shape index (κ1) is 42.3. The number of nitrogens with zero attached hydrogens (tertiary/aromatic N) is 8. The molecule has 0 bridgehead atoms. The monoisotopic (exact) mass is 860 g/mol. The smallest absolute Gasteiger partial charge is 0.415 e. The van der Waals surface area contributed by atoms with Gasteiger partial charge in [0.25, 0.3) is 0 Å². The molecule has 3 fully saturated rings. The molecule has 4 aromatic rings. The number of amides is 3. The van der Waals surface area contributed by atoms with Gasteiger partial charge in [0.15, 0.2) is 0 Å². The number of rotatable bonds is 8. The first-order valence-electron chi connectivity index (χ1n) is 22.3. The van der Waals surface area contributed by atoms with E-state index in [1.807, 2.05) is 46.2 Å². The van der Waals surface area contributed by atoms with Crippen LogP contribution in [0.2, 0.25) is 0 Å². The predicted octanol–water partition coefficient (Wildman–Crippen LogP) is 6.32. The number of imide groups is 1. The summed E-state index contributed by atoms with van der Waals surface area (Å²) in [5, 5.41) is 5.78. The van der Waals surface area contributed by atoms with Gasteiger partial charge in [-0.25, -0.2) is 24.1 Å². The average Bonchev–Trinajstić information content (AvgIpc) is 3.26. The van der Waals surface area contributed by atoms with Gasteiger partial charge in [0.2, 0.25) is 23.6 Å². The topological polar surface area (TPSA) is 149 Å². The summed E-state index contributed by atoms with van der Waals surface area (Å²) in [7, 11) is 0. The summed E-state index contributed by atoms with van der Waals surface area (Å²) in [5.74, 6) is 0.177. The minimum atomic E-state index is -0.621. The van der Waals surface area contributed by atoms with Crippen molar-refractivity contribution in [3.8, 4) is 5.88 Å². The number of carbonyl (C=O) groups excluding carboxylic acids is 3. The van der Waals surface area contributed by atoms with E-state index in [0.717, 1.165) is 99.8 Å². The van der Waals surface area contributed by atoms with E-state index in [0.29, 0.717) is 60.8 Å². The molecule has 0 saturated carbocycles. The Kier molecular flexibility index (Phi) is 11.8. The van der Waals surface area contributed by atoms with Crippen LogP contribution in [0.5, 0.6) is 5.88 Å². The number of hydrogen-bond donors (Lipinski definition) is 2. The fourth-order valence-electron chi connectivity index (χ4n) is 9.52. The summed E-state index contributed by atoms with van der Waals surface area (Å²) in [6.45, 7) is 16.0. The van der Waals surface area contributed by atoms with Crippen molar-refractivity contribution in [2.24, 2.45) is 5.92 Å². The number of fused-ring (bicyclic) bond motifs is 2. The van der Waals surface area contributed by atoms with Crippen LogP contribution in [0.3, 0.4) is 0 Å². The van der Waals surface area contributed by atoms with Crippen molar-refractivity contribution < 1.29 is 28.2 Å². The van der Waals surface area contributed by atoms with Crippen LogP contribution >= 0.6 is 0 Å². The fourth-order valence-corrected chi connectivity index (χ4v) is 9.52. The number of carbonyl (C=O) groups is 3. The number of piperazine rings is 1. The van der Waals surface area contributed by atoms with Gasteiger partial charge in [-0.15, -0.1) is 0 Å². The molecule has 1 unspecified atom stereocenters. The highest BCUT2D eigenvalue weighted by molar-refractivity contribution is 6.01. The average molecular weight is 861 g/mol. The van der Waals surface area contributed by atoms with Gasteiger partial charge in [-0.2, -0.15) is 0 Å². The minimum absolute atomic E-state index is 0.269. The zero-order valence-corrected chi connectivity index (χ0v) is 36.7. The van der Waals surface area contributed by atoms with Gasteiger partial charge in [-0.1, -0.05) is 6.07 Å². The lowest BCUT2D eigenvalue weighted by molar-refractivity contribution is -0.134. The first-order valence-corrected chi connectivity index (χ1v) is 22.3. The van der Waals surface area contributed by atoms with Gasteiger partial charge >= 0.3 is 6.09 Å². The van der Waals surface area contributed by atoms with Crippen LogP contribution in [0.4, 0.5) is 43.6 Å². The molecule has 0 radical (unpaired) electrons. The molecular formula is C47H57FN10O5. The van der Waals surface area contributed by atoms with E-state index in [1.165, 1.54) is 11.8 Å². The number of piperidine rings is 2. The third kappa shape index (κ3) is 9.36. The maximum absolute atomic E-state index is 15.3. The lowest BCUT2D eigenvalue weighted by Gasteiger charge is -2.40. The lowest BCUT2D eigenvalue weighted by atomic mass is 9.90. The van der Waals surface area contributed by atoms with Crippen molar-refractivity contribution in [1.82, 2.24) is 25.2 Å². The Morgan fingerprint density at radius 1 is 0.889 bits per heavy atom. The van der Waals surface area contributed by atoms with Gasteiger partial charge in [-0.3, -0.25) is 24.7 Å². The van der Waals surface area contributed by atoms with E-state index in [9.17, 15) is 14.4 Å². The largest absolute Gasteiger partial charge is 0.474 e. The van der Waals surface area contributed by atoms with Crippen molar-refractivity contribution in [2.45, 2.75) is 77.9 Å². The van der Waals surface area contributed by atoms with Gasteiger partial charge in [-0.05, 0) is 107 Å². The molecule has 332 valence electrons. The molecule has 5 aliphatic heterocycles. The molecule has 16 heteroatoms. The molecule has 1 atom stereocenters. The second-order valence-electron chi connectivity index (χ2n) is 18.3. The Balaban J connectivity index is 0.751. The van der Waals surface area contributed by atoms with E-state index in [1.54, 1.807) is 11.0 Å². The molecule has 0 aliphatic carbocycles. The maximum Gasteiger partial charge on any atom is 0.415 e. The molecule has 2 N–H and O–H groups in total. The normalized spacial score (nSPS) is 19.9. The highest BCUT2D eigenvalue weighted by Gasteiger charge is 2.34. The van der Waals surface area contributed by atoms with E-state index in [4.69, 9.17) is 14.5 Å². The van der Waals surface area contributed by atoms with Gasteiger partial charge in [0.1, 0.15) is 23.7 Å². The van der Waals surface area contributed by atoms with Crippen LogP contribution in [0.1, 0.15) is 74.8 Å². The number of aromatic nitrogens is 3. The molecule has 63 heavy (non-hydrogen) atoms. The number of benzene rings is 2. The van der Waals surface area contributed by atoms with Crippen LogP contribution in [0.25, 0.3) is 0 Å². The van der Waals surface area contributed by atoms with E-state index in [-0.39, 0.29) is 24.1 Å². The van der Waals surface area contributed by atoms with Crippen molar-refractivity contribution >= 4 is 52.3 Å². The Morgan fingerprint density at radius 3 is 2.40 bits per heavy atom. The van der Waals surface area contributed by atoms with E-state index < -0.39 is 17.6 Å². The Labute approximate surface area is 367 Å². The summed E-state index contributed by atoms with van der Waals surface area (Å²) in [4.78, 5) is 62.2. The molecular weight excluding hydrogens is 804 g/mol. The summed E-state index contributed by atoms with van der Waals surface area (Å²) >= 11 is 0. The molecule has 2 aromatic carbocycles. The SMILES string of the molecule is Cc1c(N2CCc3cnc(Nc4ccc(N5CCC(CN6CCN(c7ccc(C8CCC(=O)NC8=O)cc7F)CC6)CC5)cc4)nc3C2)cnc2c1N(C(=O)OC(C)(C)C)CCO2. The van der Waals surface area contributed by atoms with Crippen molar-refractivity contribution in [2.75, 3.05) is 90.4 Å². The zero-order chi connectivity index (χ0) is 43.8. The fraction of sp³-hybridized carbons (Fsp3) is 0.489. The molecule has 9 rings (SSSR count). The molecule has 3 saturated heterocycles. The Hall–Kier alpha value is -6.03. The molecule has 3 amide bonds. The predicted molar refractivity (Wildman–Crippen MR) is 240 cm³/mol. The highest BCUT2D eigenvalue weighted by atomic mass is 19.1. The second-order valence-corrected chi connectivity index (χ2v) is 18.3. The summed E-state index contributed by atoms with van der Waals surface area (Å²) in [5.41, 5.74) is 7.25. The molecule has 0 spiro atoms. The number of pyridine rings is 1. The number of nitrogens with one attached hydrogen (secondary N) is 2. The van der Waals surface area contributed by atoms with Crippen LogP contribution in [-0.2, 0) is 27.3 Å². The second kappa shape index (κ2) is 17.6. The van der Waals surface area contributed by atoms with Gasteiger partial charge in [0, 0.05) is 81.9 Å². The third-order valence-electron chi connectivity index (χ3n) is 12.9. The number of hydrogen-bond acceptors (Lipinski definition) is 13. The van der Waals surface area contributed by atoms with Gasteiger partial charge < -0.3 is 29.5 Å². The Morgan fingerprint density at radius 2 is 1.67 bits per heavy atom. The molecule has 7 heterocycles. The summed E-state index contributed by atoms with van der Waals surface area (Å²) < 4.78 is 26.9. The van der Waals surface area contributed by atoms with E-state index >= 15 is 4.39 Å². The van der Waals surface area contributed by atoms with E-state index in [2.05, 4.69) is 64.5 Å². The van der Waals surface area contributed by atoms with Crippen LogP contribution in [0.15, 0.2) is 54.9 Å². The van der Waals surface area contributed by atoms with Crippen LogP contribution < -0.4 is 35.0 Å². The standard InChI is InChI=1S/C47H57FN10O5/c1-30-40(27-49-44-42(30)58(23-24-62-44)46(61)63-47(2,3)4)57-18-15-33-26-50-45(52-38(33)29-57)51-34-6-8-35(9-7-34)55-16-13-31(14-17-55)28-54-19-21-56(22-20-54)39-11-5-32(25-37(39)48)36-10-12-41(59)53-43(36)60/h5-9,11,25-27,31,36H,10,12-24,28-29H2,1-4H3,(H,50,51,52)(H,53,59,60). The number of ether oxygens (including phenoxy) is 2. The van der Waals surface area contributed by atoms with Crippen LogP contribution in [-0.4, -0.2) is 109 Å².